The van der Waals surface area contributed by atoms with Crippen LogP contribution in [0.2, 0.25) is 0 Å². The van der Waals surface area contributed by atoms with E-state index in [4.69, 9.17) is 0 Å². The molecule has 4 fully saturated rings. The number of carbonyl (C=O) groups excluding carboxylic acids is 1. The van der Waals surface area contributed by atoms with Crippen LogP contribution in [-0.4, -0.2) is 30.9 Å². The molecule has 1 amide bonds. The second kappa shape index (κ2) is 4.21. The normalized spacial score (nSPS) is 39.9. The summed E-state index contributed by atoms with van der Waals surface area (Å²) in [7, 11) is -3.40. The number of carbonyl (C=O) groups is 1. The molecule has 0 saturated heterocycles. The Balaban J connectivity index is 1.80. The molecule has 0 aromatic heterocycles. The van der Waals surface area contributed by atoms with E-state index in [0.29, 0.717) is 0 Å². The van der Waals surface area contributed by atoms with Crippen LogP contribution >= 0.6 is 0 Å². The van der Waals surface area contributed by atoms with E-state index >= 15 is 0 Å². The summed E-state index contributed by atoms with van der Waals surface area (Å²) >= 11 is 0. The standard InChI is InChI=1S/C15H25NO3S/c1-14(2,20(3,18)19)13(17)16-15-7-10-4-11(8-15)6-12(5-10)9-15/h10-12H,4-9H2,1-3H3,(H,16,17). The van der Waals surface area contributed by atoms with Crippen molar-refractivity contribution in [2.45, 2.75) is 62.7 Å². The fourth-order valence-electron chi connectivity index (χ4n) is 4.82. The lowest BCUT2D eigenvalue weighted by atomic mass is 9.53. The van der Waals surface area contributed by atoms with Crippen LogP contribution in [0.25, 0.3) is 0 Å². The van der Waals surface area contributed by atoms with Crippen LogP contribution in [0.4, 0.5) is 0 Å². The van der Waals surface area contributed by atoms with Crippen molar-refractivity contribution in [1.82, 2.24) is 5.32 Å². The fraction of sp³-hybridized carbons (Fsp3) is 0.933. The van der Waals surface area contributed by atoms with Crippen molar-refractivity contribution in [2.24, 2.45) is 17.8 Å². The summed E-state index contributed by atoms with van der Waals surface area (Å²) in [5, 5.41) is 3.15. The zero-order valence-electron chi connectivity index (χ0n) is 12.6. The maximum Gasteiger partial charge on any atom is 0.241 e. The average Bonchev–Trinajstić information content (AvgIpc) is 2.24. The van der Waals surface area contributed by atoms with Crippen LogP contribution in [0, 0.1) is 17.8 Å². The summed E-state index contributed by atoms with van der Waals surface area (Å²) in [6.07, 6.45) is 8.21. The Morgan fingerprint density at radius 3 is 1.80 bits per heavy atom. The number of sulfone groups is 1. The molecule has 5 heteroatoms. The topological polar surface area (TPSA) is 63.2 Å². The van der Waals surface area contributed by atoms with Crippen LogP contribution in [0.5, 0.6) is 0 Å². The van der Waals surface area contributed by atoms with Gasteiger partial charge in [0, 0.05) is 11.8 Å². The maximum absolute atomic E-state index is 12.5. The van der Waals surface area contributed by atoms with Gasteiger partial charge < -0.3 is 5.32 Å². The summed E-state index contributed by atoms with van der Waals surface area (Å²) in [6.45, 7) is 3.02. The third kappa shape index (κ3) is 2.18. The summed E-state index contributed by atoms with van der Waals surface area (Å²) < 4.78 is 22.3. The van der Waals surface area contributed by atoms with Crippen molar-refractivity contribution >= 4 is 15.7 Å². The van der Waals surface area contributed by atoms with Gasteiger partial charge in [-0.05, 0) is 70.1 Å². The minimum Gasteiger partial charge on any atom is -0.349 e. The average molecular weight is 299 g/mol. The molecule has 0 aromatic rings. The summed E-state index contributed by atoms with van der Waals surface area (Å²) in [5.41, 5.74) is -0.117. The minimum absolute atomic E-state index is 0.117. The molecular weight excluding hydrogens is 274 g/mol. The van der Waals surface area contributed by atoms with E-state index in [1.54, 1.807) is 0 Å². The third-order valence-corrected chi connectivity index (χ3v) is 7.93. The van der Waals surface area contributed by atoms with Gasteiger partial charge in [-0.15, -0.1) is 0 Å². The van der Waals surface area contributed by atoms with E-state index in [1.165, 1.54) is 33.1 Å². The predicted octanol–water partition coefficient (Wildman–Crippen LogP) is 1.89. The van der Waals surface area contributed by atoms with E-state index in [-0.39, 0.29) is 11.4 Å². The number of rotatable bonds is 3. The highest BCUT2D eigenvalue weighted by Gasteiger charge is 2.53. The molecule has 0 unspecified atom stereocenters. The molecule has 0 spiro atoms. The molecule has 0 atom stereocenters. The van der Waals surface area contributed by atoms with Crippen molar-refractivity contribution in [1.29, 1.82) is 0 Å². The van der Waals surface area contributed by atoms with Crippen LogP contribution in [0.15, 0.2) is 0 Å². The molecule has 4 nitrogen and oxygen atoms in total. The molecular formula is C15H25NO3S. The van der Waals surface area contributed by atoms with E-state index in [1.807, 2.05) is 0 Å². The molecule has 4 aliphatic carbocycles. The van der Waals surface area contributed by atoms with Crippen LogP contribution in [-0.2, 0) is 14.6 Å². The molecule has 0 radical (unpaired) electrons. The largest absolute Gasteiger partial charge is 0.349 e. The Hall–Kier alpha value is -0.580. The molecule has 0 aromatic carbocycles. The first-order chi connectivity index (χ1) is 9.11. The fourth-order valence-corrected chi connectivity index (χ4v) is 5.21. The molecule has 4 aliphatic rings. The first kappa shape index (κ1) is 14.4. The molecule has 0 aliphatic heterocycles. The highest BCUT2D eigenvalue weighted by atomic mass is 32.2. The van der Waals surface area contributed by atoms with Gasteiger partial charge in [0.1, 0.15) is 4.75 Å². The smallest absolute Gasteiger partial charge is 0.241 e. The van der Waals surface area contributed by atoms with Gasteiger partial charge in [0.05, 0.1) is 0 Å². The highest BCUT2D eigenvalue weighted by Crippen LogP contribution is 2.55. The van der Waals surface area contributed by atoms with Gasteiger partial charge in [0.15, 0.2) is 9.84 Å². The molecule has 20 heavy (non-hydrogen) atoms. The Labute approximate surface area is 121 Å². The van der Waals surface area contributed by atoms with Crippen molar-refractivity contribution in [3.05, 3.63) is 0 Å². The number of hydrogen-bond acceptors (Lipinski definition) is 3. The van der Waals surface area contributed by atoms with Crippen LogP contribution < -0.4 is 5.32 Å². The van der Waals surface area contributed by atoms with Crippen molar-refractivity contribution in [3.8, 4) is 0 Å². The zero-order valence-corrected chi connectivity index (χ0v) is 13.4. The molecule has 4 bridgehead atoms. The van der Waals surface area contributed by atoms with E-state index in [2.05, 4.69) is 5.32 Å². The lowest BCUT2D eigenvalue weighted by Gasteiger charge is -2.57. The Morgan fingerprint density at radius 2 is 1.45 bits per heavy atom. The lowest BCUT2D eigenvalue weighted by Crippen LogP contribution is -2.63. The van der Waals surface area contributed by atoms with Gasteiger partial charge in [-0.25, -0.2) is 8.42 Å². The summed E-state index contributed by atoms with van der Waals surface area (Å²) in [6, 6.07) is 0. The highest BCUT2D eigenvalue weighted by molar-refractivity contribution is 7.92. The lowest BCUT2D eigenvalue weighted by molar-refractivity contribution is -0.128. The Bertz CT molecular complexity index is 500. The third-order valence-electron chi connectivity index (χ3n) is 5.89. The molecule has 0 heterocycles. The summed E-state index contributed by atoms with van der Waals surface area (Å²) in [5.74, 6) is 1.90. The van der Waals surface area contributed by atoms with Crippen LogP contribution in [0.1, 0.15) is 52.4 Å². The van der Waals surface area contributed by atoms with E-state index < -0.39 is 14.6 Å². The maximum atomic E-state index is 12.5. The summed E-state index contributed by atoms with van der Waals surface area (Å²) in [4.78, 5) is 12.5. The quantitative estimate of drug-likeness (QED) is 0.865. The molecule has 4 saturated carbocycles. The second-order valence-corrected chi connectivity index (χ2v) is 10.5. The first-order valence-electron chi connectivity index (χ1n) is 7.63. The monoisotopic (exact) mass is 299 g/mol. The van der Waals surface area contributed by atoms with E-state index in [0.717, 1.165) is 43.3 Å². The van der Waals surface area contributed by atoms with Gasteiger partial charge >= 0.3 is 0 Å². The van der Waals surface area contributed by atoms with Crippen molar-refractivity contribution in [2.75, 3.05) is 6.26 Å². The van der Waals surface area contributed by atoms with Crippen molar-refractivity contribution in [3.63, 3.8) is 0 Å². The van der Waals surface area contributed by atoms with Crippen LogP contribution in [0.3, 0.4) is 0 Å². The predicted molar refractivity (Wildman–Crippen MR) is 78.0 cm³/mol. The SMILES string of the molecule is CC(C)(C(=O)NC12CC3CC(CC(C3)C1)C2)S(C)(=O)=O. The van der Waals surface area contributed by atoms with Gasteiger partial charge in [-0.3, -0.25) is 4.79 Å². The van der Waals surface area contributed by atoms with Gasteiger partial charge in [0.2, 0.25) is 5.91 Å². The molecule has 4 rings (SSSR count). The van der Waals surface area contributed by atoms with E-state index in [9.17, 15) is 13.2 Å². The molecule has 1 N–H and O–H groups in total. The minimum atomic E-state index is -3.40. The first-order valence-corrected chi connectivity index (χ1v) is 9.53. The number of amides is 1. The Morgan fingerprint density at radius 1 is 1.05 bits per heavy atom. The zero-order chi connectivity index (χ0) is 14.8. The Kier molecular flexibility index (Phi) is 3.03. The van der Waals surface area contributed by atoms with Crippen molar-refractivity contribution < 1.29 is 13.2 Å². The second-order valence-electron chi connectivity index (χ2n) is 7.93. The number of hydrogen-bond donors (Lipinski definition) is 1. The molecule has 114 valence electrons. The van der Waals surface area contributed by atoms with Gasteiger partial charge in [-0.1, -0.05) is 0 Å². The number of nitrogens with one attached hydrogen (secondary N) is 1. The van der Waals surface area contributed by atoms with Gasteiger partial charge in [-0.2, -0.15) is 0 Å². The van der Waals surface area contributed by atoms with Gasteiger partial charge in [0.25, 0.3) is 0 Å².